The van der Waals surface area contributed by atoms with Crippen LogP contribution in [0.5, 0.6) is 0 Å². The summed E-state index contributed by atoms with van der Waals surface area (Å²) in [6, 6.07) is 0.0819. The highest BCUT2D eigenvalue weighted by molar-refractivity contribution is 7.87. The van der Waals surface area contributed by atoms with E-state index in [4.69, 9.17) is 0 Å². The molecule has 21 heavy (non-hydrogen) atoms. The molecule has 1 aliphatic heterocycles. The Bertz CT molecular complexity index is 413. The van der Waals surface area contributed by atoms with E-state index in [1.54, 1.807) is 7.05 Å². The van der Waals surface area contributed by atoms with Crippen LogP contribution >= 0.6 is 0 Å². The molecule has 1 saturated carbocycles. The Kier molecular flexibility index (Phi) is 6.05. The highest BCUT2D eigenvalue weighted by Crippen LogP contribution is 2.34. The molecule has 5 nitrogen and oxygen atoms in total. The summed E-state index contributed by atoms with van der Waals surface area (Å²) in [4.78, 5) is 0. The smallest absolute Gasteiger partial charge is 0.279 e. The molecule has 6 heteroatoms. The Morgan fingerprint density at radius 1 is 1.29 bits per heavy atom. The van der Waals surface area contributed by atoms with Crippen LogP contribution in [-0.4, -0.2) is 44.4 Å². The summed E-state index contributed by atoms with van der Waals surface area (Å²) in [5.41, 5.74) is 0.186. The van der Waals surface area contributed by atoms with Gasteiger partial charge in [0.25, 0.3) is 10.2 Å². The molecule has 0 aromatic rings. The number of nitrogens with one attached hydrogen (secondary N) is 2. The predicted molar refractivity (Wildman–Crippen MR) is 86.4 cm³/mol. The Labute approximate surface area is 130 Å². The van der Waals surface area contributed by atoms with Gasteiger partial charge in [-0.25, -0.2) is 0 Å². The molecule has 0 aromatic heterocycles. The van der Waals surface area contributed by atoms with Crippen molar-refractivity contribution in [3.05, 3.63) is 0 Å². The largest absolute Gasteiger partial charge is 0.311 e. The van der Waals surface area contributed by atoms with E-state index in [-0.39, 0.29) is 11.6 Å². The van der Waals surface area contributed by atoms with Gasteiger partial charge in [0.05, 0.1) is 0 Å². The van der Waals surface area contributed by atoms with E-state index < -0.39 is 10.2 Å². The van der Waals surface area contributed by atoms with Crippen molar-refractivity contribution < 1.29 is 8.42 Å². The molecule has 1 spiro atoms. The third-order valence-electron chi connectivity index (χ3n) is 4.99. The van der Waals surface area contributed by atoms with E-state index in [1.165, 1.54) is 36.4 Å². The van der Waals surface area contributed by atoms with Crippen LogP contribution in [0.3, 0.4) is 0 Å². The van der Waals surface area contributed by atoms with E-state index in [2.05, 4.69) is 17.0 Å². The molecule has 0 aromatic carbocycles. The summed E-state index contributed by atoms with van der Waals surface area (Å²) in [6.07, 6.45) is 9.99. The van der Waals surface area contributed by atoms with Crippen LogP contribution in [0.1, 0.15) is 64.7 Å². The van der Waals surface area contributed by atoms with Crippen molar-refractivity contribution in [1.82, 2.24) is 14.3 Å². The first-order valence-electron chi connectivity index (χ1n) is 8.46. The average molecular weight is 317 g/mol. The number of hydrogen-bond donors (Lipinski definition) is 2. The van der Waals surface area contributed by atoms with Gasteiger partial charge in [-0.1, -0.05) is 32.6 Å². The van der Waals surface area contributed by atoms with Gasteiger partial charge in [0.15, 0.2) is 0 Å². The van der Waals surface area contributed by atoms with Crippen molar-refractivity contribution in [3.8, 4) is 0 Å². The van der Waals surface area contributed by atoms with Crippen molar-refractivity contribution in [1.29, 1.82) is 0 Å². The minimum Gasteiger partial charge on any atom is -0.311 e. The van der Waals surface area contributed by atoms with Crippen molar-refractivity contribution >= 4 is 10.2 Å². The van der Waals surface area contributed by atoms with Gasteiger partial charge in [0.2, 0.25) is 0 Å². The molecule has 0 amide bonds. The summed E-state index contributed by atoms with van der Waals surface area (Å²) in [7, 11) is -1.66. The Hall–Kier alpha value is -0.170. The van der Waals surface area contributed by atoms with E-state index in [0.29, 0.717) is 6.54 Å². The Balaban J connectivity index is 1.92. The Morgan fingerprint density at radius 2 is 2.00 bits per heavy atom. The molecule has 0 radical (unpaired) electrons. The van der Waals surface area contributed by atoms with Gasteiger partial charge in [0.1, 0.15) is 0 Å². The molecule has 1 atom stereocenters. The summed E-state index contributed by atoms with van der Waals surface area (Å²) in [6.45, 7) is 3.60. The fourth-order valence-electron chi connectivity index (χ4n) is 3.67. The Morgan fingerprint density at radius 3 is 2.67 bits per heavy atom. The van der Waals surface area contributed by atoms with Gasteiger partial charge in [-0.05, 0) is 38.6 Å². The van der Waals surface area contributed by atoms with Crippen LogP contribution in [-0.2, 0) is 10.2 Å². The second-order valence-electron chi connectivity index (χ2n) is 6.76. The lowest BCUT2D eigenvalue weighted by Crippen LogP contribution is -2.58. The van der Waals surface area contributed by atoms with E-state index in [9.17, 15) is 8.42 Å². The van der Waals surface area contributed by atoms with Gasteiger partial charge >= 0.3 is 0 Å². The number of hydrogen-bond acceptors (Lipinski definition) is 3. The number of piperidine rings is 1. The first kappa shape index (κ1) is 17.2. The monoisotopic (exact) mass is 317 g/mol. The number of nitrogens with zero attached hydrogens (tertiary/aromatic N) is 1. The van der Waals surface area contributed by atoms with Crippen LogP contribution in [0.2, 0.25) is 0 Å². The molecule has 2 aliphatic rings. The van der Waals surface area contributed by atoms with Gasteiger partial charge < -0.3 is 5.32 Å². The zero-order chi connectivity index (χ0) is 15.3. The molecule has 2 rings (SSSR count). The molecule has 0 bridgehead atoms. The van der Waals surface area contributed by atoms with Crippen LogP contribution in [0, 0.1) is 0 Å². The van der Waals surface area contributed by atoms with E-state index >= 15 is 0 Å². The average Bonchev–Trinajstić information content (AvgIpc) is 2.45. The molecule has 1 unspecified atom stereocenters. The maximum Gasteiger partial charge on any atom is 0.279 e. The van der Waals surface area contributed by atoms with Crippen LogP contribution < -0.4 is 10.0 Å². The fourth-order valence-corrected chi connectivity index (χ4v) is 4.84. The minimum atomic E-state index is -3.33. The SMILES string of the molecule is CCCCN(C)S(=O)(=O)NC1CCNC2(CCCCC2)C1. The highest BCUT2D eigenvalue weighted by atomic mass is 32.2. The normalized spacial score (nSPS) is 26.3. The van der Waals surface area contributed by atoms with Crippen molar-refractivity contribution in [2.45, 2.75) is 76.3 Å². The molecule has 124 valence electrons. The second kappa shape index (κ2) is 7.40. The highest BCUT2D eigenvalue weighted by Gasteiger charge is 2.38. The van der Waals surface area contributed by atoms with Crippen LogP contribution in [0.15, 0.2) is 0 Å². The molecule has 1 heterocycles. The maximum atomic E-state index is 12.4. The molecular formula is C15H31N3O2S. The van der Waals surface area contributed by atoms with Crippen molar-refractivity contribution in [2.75, 3.05) is 20.1 Å². The van der Waals surface area contributed by atoms with Crippen LogP contribution in [0.4, 0.5) is 0 Å². The lowest BCUT2D eigenvalue weighted by molar-refractivity contribution is 0.164. The molecule has 1 saturated heterocycles. The van der Waals surface area contributed by atoms with E-state index in [0.717, 1.165) is 32.2 Å². The third-order valence-corrected chi connectivity index (χ3v) is 6.63. The first-order valence-corrected chi connectivity index (χ1v) is 9.90. The maximum absolute atomic E-state index is 12.4. The molecule has 2 fully saturated rings. The van der Waals surface area contributed by atoms with Crippen molar-refractivity contribution in [3.63, 3.8) is 0 Å². The quantitative estimate of drug-likeness (QED) is 0.788. The standard InChI is InChI=1S/C15H31N3O2S/c1-3-4-12-18(2)21(19,20)17-14-8-11-16-15(13-14)9-6-5-7-10-15/h14,16-17H,3-13H2,1-2H3. The van der Waals surface area contributed by atoms with Gasteiger partial charge in [-0.15, -0.1) is 0 Å². The summed E-state index contributed by atoms with van der Waals surface area (Å²) < 4.78 is 29.1. The summed E-state index contributed by atoms with van der Waals surface area (Å²) in [5.74, 6) is 0. The lowest BCUT2D eigenvalue weighted by atomic mass is 9.75. The van der Waals surface area contributed by atoms with Crippen LogP contribution in [0.25, 0.3) is 0 Å². The van der Waals surface area contributed by atoms with E-state index in [1.807, 2.05) is 0 Å². The first-order chi connectivity index (χ1) is 9.97. The topological polar surface area (TPSA) is 61.4 Å². The number of rotatable bonds is 6. The van der Waals surface area contributed by atoms with Gasteiger partial charge in [-0.2, -0.15) is 17.4 Å². The third kappa shape index (κ3) is 4.65. The molecular weight excluding hydrogens is 286 g/mol. The molecule has 1 aliphatic carbocycles. The minimum absolute atomic E-state index is 0.0819. The van der Waals surface area contributed by atoms with Gasteiger partial charge in [-0.3, -0.25) is 0 Å². The van der Waals surface area contributed by atoms with Crippen molar-refractivity contribution in [2.24, 2.45) is 0 Å². The predicted octanol–water partition coefficient (Wildman–Crippen LogP) is 2.01. The fraction of sp³-hybridized carbons (Fsp3) is 1.00. The second-order valence-corrected chi connectivity index (χ2v) is 8.56. The molecule has 2 N–H and O–H groups in total. The zero-order valence-electron chi connectivity index (χ0n) is 13.5. The lowest BCUT2D eigenvalue weighted by Gasteiger charge is -2.44. The van der Waals surface area contributed by atoms with Gasteiger partial charge in [0, 0.05) is 25.2 Å². The zero-order valence-corrected chi connectivity index (χ0v) is 14.3. The summed E-state index contributed by atoms with van der Waals surface area (Å²) in [5, 5.41) is 3.67. The summed E-state index contributed by atoms with van der Waals surface area (Å²) >= 11 is 0. The number of unbranched alkanes of at least 4 members (excludes halogenated alkanes) is 1.